The van der Waals surface area contributed by atoms with Crippen LogP contribution in [0, 0.1) is 5.41 Å². The molecule has 5 heteroatoms. The van der Waals surface area contributed by atoms with Gasteiger partial charge in [0.1, 0.15) is 6.61 Å². The Bertz CT molecular complexity index is 495. The first-order valence-corrected chi connectivity index (χ1v) is 7.74. The number of esters is 2. The second-order valence-electron chi connectivity index (χ2n) is 5.60. The molecule has 0 aromatic heterocycles. The molecule has 0 aliphatic carbocycles. The molecule has 0 radical (unpaired) electrons. The maximum Gasteiger partial charge on any atom is 0.313 e. The molecule has 0 spiro atoms. The highest BCUT2D eigenvalue weighted by molar-refractivity contribution is 5.84. The second kappa shape index (κ2) is 7.94. The first-order valence-electron chi connectivity index (χ1n) is 7.74. The van der Waals surface area contributed by atoms with Crippen molar-refractivity contribution in [1.29, 1.82) is 0 Å². The number of ether oxygens (including phenoxy) is 2. The van der Waals surface area contributed by atoms with Crippen LogP contribution in [0.25, 0.3) is 0 Å². The Hall–Kier alpha value is -1.88. The number of nitrogens with one attached hydrogen (secondary N) is 1. The molecule has 1 unspecified atom stereocenters. The molecular weight excluding hydrogens is 282 g/mol. The molecule has 1 fully saturated rings. The first-order chi connectivity index (χ1) is 10.7. The molecule has 1 atom stereocenters. The van der Waals surface area contributed by atoms with Gasteiger partial charge >= 0.3 is 11.9 Å². The molecule has 1 heterocycles. The summed E-state index contributed by atoms with van der Waals surface area (Å²) >= 11 is 0. The third-order valence-electron chi connectivity index (χ3n) is 3.91. The Kier molecular flexibility index (Phi) is 5.95. The van der Waals surface area contributed by atoms with Crippen LogP contribution in [0.2, 0.25) is 0 Å². The van der Waals surface area contributed by atoms with E-state index in [1.54, 1.807) is 6.92 Å². The maximum atomic E-state index is 12.3. The lowest BCUT2D eigenvalue weighted by Crippen LogP contribution is -2.47. The van der Waals surface area contributed by atoms with Gasteiger partial charge in [-0.25, -0.2) is 0 Å². The molecule has 0 amide bonds. The smallest absolute Gasteiger partial charge is 0.313 e. The van der Waals surface area contributed by atoms with Crippen molar-refractivity contribution < 1.29 is 19.1 Å². The Balaban J connectivity index is 1.94. The SMILES string of the molecule is CCOC(=O)C1(CC(=O)OCc2ccccc2)CCCNC1. The van der Waals surface area contributed by atoms with E-state index in [9.17, 15) is 9.59 Å². The molecule has 1 saturated heterocycles. The monoisotopic (exact) mass is 305 g/mol. The van der Waals surface area contributed by atoms with Crippen LogP contribution < -0.4 is 5.32 Å². The fraction of sp³-hybridized carbons (Fsp3) is 0.529. The van der Waals surface area contributed by atoms with E-state index in [-0.39, 0.29) is 25.0 Å². The number of carbonyl (C=O) groups excluding carboxylic acids is 2. The quantitative estimate of drug-likeness (QED) is 0.815. The van der Waals surface area contributed by atoms with Gasteiger partial charge < -0.3 is 14.8 Å². The summed E-state index contributed by atoms with van der Waals surface area (Å²) in [5.41, 5.74) is 0.144. The van der Waals surface area contributed by atoms with E-state index >= 15 is 0 Å². The van der Waals surface area contributed by atoms with Crippen molar-refractivity contribution in [2.75, 3.05) is 19.7 Å². The standard InChI is InChI=1S/C17H23NO4/c1-2-21-16(20)17(9-6-10-18-13-17)11-15(19)22-12-14-7-4-3-5-8-14/h3-5,7-8,18H,2,6,9-13H2,1H3. The molecule has 1 aliphatic heterocycles. The molecule has 1 aromatic carbocycles. The topological polar surface area (TPSA) is 64.6 Å². The van der Waals surface area contributed by atoms with Crippen molar-refractivity contribution in [2.24, 2.45) is 5.41 Å². The van der Waals surface area contributed by atoms with E-state index in [1.807, 2.05) is 30.3 Å². The molecule has 22 heavy (non-hydrogen) atoms. The summed E-state index contributed by atoms with van der Waals surface area (Å²) in [5, 5.41) is 3.19. The van der Waals surface area contributed by atoms with Crippen molar-refractivity contribution in [3.63, 3.8) is 0 Å². The van der Waals surface area contributed by atoms with Crippen LogP contribution in [-0.4, -0.2) is 31.6 Å². The van der Waals surface area contributed by atoms with Gasteiger partial charge in [-0.2, -0.15) is 0 Å². The fourth-order valence-electron chi connectivity index (χ4n) is 2.71. The molecule has 5 nitrogen and oxygen atoms in total. The maximum absolute atomic E-state index is 12.3. The third-order valence-corrected chi connectivity index (χ3v) is 3.91. The van der Waals surface area contributed by atoms with Gasteiger partial charge in [-0.15, -0.1) is 0 Å². The van der Waals surface area contributed by atoms with Gasteiger partial charge in [0, 0.05) is 6.54 Å². The summed E-state index contributed by atoms with van der Waals surface area (Å²) in [4.78, 5) is 24.4. The molecule has 1 aromatic rings. The van der Waals surface area contributed by atoms with Crippen LogP contribution in [0.5, 0.6) is 0 Å². The van der Waals surface area contributed by atoms with Gasteiger partial charge in [0.15, 0.2) is 0 Å². The van der Waals surface area contributed by atoms with E-state index in [2.05, 4.69) is 5.32 Å². The van der Waals surface area contributed by atoms with Crippen molar-refractivity contribution in [1.82, 2.24) is 5.32 Å². The minimum Gasteiger partial charge on any atom is -0.466 e. The lowest BCUT2D eigenvalue weighted by Gasteiger charge is -2.34. The number of hydrogen-bond donors (Lipinski definition) is 1. The Labute approximate surface area is 131 Å². The molecule has 1 N–H and O–H groups in total. The predicted molar refractivity (Wildman–Crippen MR) is 82.0 cm³/mol. The number of benzene rings is 1. The van der Waals surface area contributed by atoms with Gasteiger partial charge in [0.25, 0.3) is 0 Å². The zero-order valence-corrected chi connectivity index (χ0v) is 13.0. The highest BCUT2D eigenvalue weighted by Crippen LogP contribution is 2.32. The molecule has 0 bridgehead atoms. The molecule has 0 saturated carbocycles. The zero-order valence-electron chi connectivity index (χ0n) is 13.0. The van der Waals surface area contributed by atoms with Gasteiger partial charge in [-0.05, 0) is 31.9 Å². The molecule has 120 valence electrons. The van der Waals surface area contributed by atoms with Crippen LogP contribution in [-0.2, 0) is 25.7 Å². The Morgan fingerprint density at radius 3 is 2.64 bits per heavy atom. The summed E-state index contributed by atoms with van der Waals surface area (Å²) in [7, 11) is 0. The number of rotatable bonds is 6. The fourth-order valence-corrected chi connectivity index (χ4v) is 2.71. The average molecular weight is 305 g/mol. The highest BCUT2D eigenvalue weighted by Gasteiger charge is 2.43. The summed E-state index contributed by atoms with van der Waals surface area (Å²) in [6, 6.07) is 9.50. The Morgan fingerprint density at radius 1 is 1.23 bits per heavy atom. The lowest BCUT2D eigenvalue weighted by molar-refractivity contribution is -0.164. The van der Waals surface area contributed by atoms with E-state index in [0.717, 1.165) is 18.5 Å². The van der Waals surface area contributed by atoms with Crippen molar-refractivity contribution >= 4 is 11.9 Å². The first kappa shape index (κ1) is 16.5. The van der Waals surface area contributed by atoms with Gasteiger partial charge in [0.05, 0.1) is 18.4 Å². The Morgan fingerprint density at radius 2 is 2.00 bits per heavy atom. The van der Waals surface area contributed by atoms with E-state index < -0.39 is 5.41 Å². The van der Waals surface area contributed by atoms with Crippen molar-refractivity contribution in [3.8, 4) is 0 Å². The highest BCUT2D eigenvalue weighted by atomic mass is 16.5. The number of hydrogen-bond acceptors (Lipinski definition) is 5. The van der Waals surface area contributed by atoms with E-state index in [4.69, 9.17) is 9.47 Å². The summed E-state index contributed by atoms with van der Waals surface area (Å²) < 4.78 is 10.5. The van der Waals surface area contributed by atoms with Crippen LogP contribution in [0.1, 0.15) is 31.7 Å². The van der Waals surface area contributed by atoms with E-state index in [1.165, 1.54) is 0 Å². The van der Waals surface area contributed by atoms with E-state index in [0.29, 0.717) is 19.6 Å². The molecular formula is C17H23NO4. The third kappa shape index (κ3) is 4.31. The average Bonchev–Trinajstić information content (AvgIpc) is 2.55. The van der Waals surface area contributed by atoms with Crippen LogP contribution in [0.15, 0.2) is 30.3 Å². The second-order valence-corrected chi connectivity index (χ2v) is 5.60. The zero-order chi connectivity index (χ0) is 15.8. The van der Waals surface area contributed by atoms with Gasteiger partial charge in [0.2, 0.25) is 0 Å². The van der Waals surface area contributed by atoms with Gasteiger partial charge in [-0.1, -0.05) is 30.3 Å². The summed E-state index contributed by atoms with van der Waals surface area (Å²) in [5.74, 6) is -0.667. The van der Waals surface area contributed by atoms with Gasteiger partial charge in [-0.3, -0.25) is 9.59 Å². The summed E-state index contributed by atoms with van der Waals surface area (Å²) in [6.45, 7) is 3.65. The minimum absolute atomic E-state index is 0.0612. The molecule has 1 aliphatic rings. The minimum atomic E-state index is -0.790. The van der Waals surface area contributed by atoms with Crippen molar-refractivity contribution in [2.45, 2.75) is 32.8 Å². The molecule has 2 rings (SSSR count). The number of piperidine rings is 1. The largest absolute Gasteiger partial charge is 0.466 e. The summed E-state index contributed by atoms with van der Waals surface area (Å²) in [6.07, 6.45) is 1.57. The predicted octanol–water partition coefficient (Wildman–Crippen LogP) is 2.05. The lowest BCUT2D eigenvalue weighted by atomic mass is 9.78. The normalized spacial score (nSPS) is 21.1. The van der Waals surface area contributed by atoms with Crippen molar-refractivity contribution in [3.05, 3.63) is 35.9 Å². The van der Waals surface area contributed by atoms with Crippen LogP contribution in [0.4, 0.5) is 0 Å². The van der Waals surface area contributed by atoms with Crippen LogP contribution in [0.3, 0.4) is 0 Å². The number of carbonyl (C=O) groups is 2. The van der Waals surface area contributed by atoms with Crippen LogP contribution >= 0.6 is 0 Å².